The summed E-state index contributed by atoms with van der Waals surface area (Å²) in [4.78, 5) is 4.37. The highest BCUT2D eigenvalue weighted by molar-refractivity contribution is 5.78. The Labute approximate surface area is 124 Å². The van der Waals surface area contributed by atoms with Crippen LogP contribution < -0.4 is 5.73 Å². The van der Waals surface area contributed by atoms with Crippen molar-refractivity contribution in [1.82, 2.24) is 4.98 Å². The largest absolute Gasteiger partial charge is 0.383 e. The van der Waals surface area contributed by atoms with E-state index < -0.39 is 0 Å². The van der Waals surface area contributed by atoms with Gasteiger partial charge in [0, 0.05) is 11.3 Å². The first-order chi connectivity index (χ1) is 9.93. The topological polar surface area (TPSA) is 62.7 Å². The lowest BCUT2D eigenvalue weighted by Gasteiger charge is -2.16. The molecule has 2 aromatic rings. The van der Waals surface area contributed by atoms with Crippen LogP contribution in [0.15, 0.2) is 24.3 Å². The van der Waals surface area contributed by atoms with Gasteiger partial charge in [-0.25, -0.2) is 9.37 Å². The molecule has 2 N–H and O–H groups in total. The fourth-order valence-electron chi connectivity index (χ4n) is 2.42. The van der Waals surface area contributed by atoms with E-state index in [1.165, 1.54) is 12.1 Å². The molecule has 0 amide bonds. The Morgan fingerprint density at radius 2 is 1.90 bits per heavy atom. The molecule has 0 aliphatic rings. The van der Waals surface area contributed by atoms with Crippen LogP contribution in [0.5, 0.6) is 0 Å². The summed E-state index contributed by atoms with van der Waals surface area (Å²) in [6, 6.07) is 8.21. The molecule has 1 aromatic carbocycles. The van der Waals surface area contributed by atoms with E-state index in [-0.39, 0.29) is 11.6 Å². The van der Waals surface area contributed by atoms with Gasteiger partial charge in [0.25, 0.3) is 0 Å². The normalized spacial score (nSPS) is 10.7. The van der Waals surface area contributed by atoms with Crippen molar-refractivity contribution in [2.75, 3.05) is 5.73 Å². The third-order valence-electron chi connectivity index (χ3n) is 3.42. The van der Waals surface area contributed by atoms with Gasteiger partial charge >= 0.3 is 0 Å². The molecule has 0 bridgehead atoms. The number of hydrogen-bond donors (Lipinski definition) is 1. The molecule has 1 heterocycles. The average molecular weight is 283 g/mol. The van der Waals surface area contributed by atoms with Crippen molar-refractivity contribution in [2.24, 2.45) is 5.92 Å². The molecule has 0 unspecified atom stereocenters. The monoisotopic (exact) mass is 283 g/mol. The van der Waals surface area contributed by atoms with Gasteiger partial charge in [0.15, 0.2) is 0 Å². The molecule has 0 spiro atoms. The number of pyridine rings is 1. The standard InChI is InChI=1S/C17H18FN3/c1-10(2)8-15-11(3)16(14(9-19)17(20)21-15)12-4-6-13(18)7-5-12/h4-7,10H,8H2,1-3H3,(H2,20,21). The van der Waals surface area contributed by atoms with E-state index in [4.69, 9.17) is 5.73 Å². The average Bonchev–Trinajstić information content (AvgIpc) is 2.43. The third-order valence-corrected chi connectivity index (χ3v) is 3.42. The minimum atomic E-state index is -0.306. The molecule has 108 valence electrons. The van der Waals surface area contributed by atoms with Crippen molar-refractivity contribution < 1.29 is 4.39 Å². The summed E-state index contributed by atoms with van der Waals surface area (Å²) in [5.74, 6) is 0.363. The van der Waals surface area contributed by atoms with Gasteiger partial charge in [0.05, 0.1) is 0 Å². The van der Waals surface area contributed by atoms with E-state index in [0.717, 1.165) is 28.8 Å². The Morgan fingerprint density at radius 3 is 2.43 bits per heavy atom. The highest BCUT2D eigenvalue weighted by Crippen LogP contribution is 2.32. The van der Waals surface area contributed by atoms with Crippen molar-refractivity contribution in [3.05, 3.63) is 46.9 Å². The molecule has 21 heavy (non-hydrogen) atoms. The van der Waals surface area contributed by atoms with Crippen molar-refractivity contribution >= 4 is 5.82 Å². The van der Waals surface area contributed by atoms with Gasteiger partial charge in [-0.05, 0) is 42.5 Å². The van der Waals surface area contributed by atoms with Crippen LogP contribution in [-0.4, -0.2) is 4.98 Å². The summed E-state index contributed by atoms with van der Waals surface area (Å²) in [5.41, 5.74) is 9.64. The third kappa shape index (κ3) is 3.03. The number of nitrogens with two attached hydrogens (primary N) is 1. The maximum absolute atomic E-state index is 13.1. The molecular formula is C17H18FN3. The fourth-order valence-corrected chi connectivity index (χ4v) is 2.42. The number of nitrogen functional groups attached to an aromatic ring is 1. The lowest BCUT2D eigenvalue weighted by atomic mass is 9.92. The summed E-state index contributed by atoms with van der Waals surface area (Å²) < 4.78 is 13.1. The van der Waals surface area contributed by atoms with E-state index in [1.54, 1.807) is 12.1 Å². The number of nitrogens with zero attached hydrogens (tertiary/aromatic N) is 2. The Morgan fingerprint density at radius 1 is 1.29 bits per heavy atom. The van der Waals surface area contributed by atoms with Crippen LogP contribution in [0, 0.1) is 30.0 Å². The number of nitriles is 1. The summed E-state index contributed by atoms with van der Waals surface area (Å²) in [5, 5.41) is 9.37. The number of halogens is 1. The Balaban J connectivity index is 2.70. The fraction of sp³-hybridized carbons (Fsp3) is 0.294. The van der Waals surface area contributed by atoms with Gasteiger partial charge in [0.1, 0.15) is 23.3 Å². The summed E-state index contributed by atoms with van der Waals surface area (Å²) in [6.07, 6.45) is 0.788. The Hall–Kier alpha value is -2.41. The van der Waals surface area contributed by atoms with Crippen LogP contribution in [0.1, 0.15) is 30.7 Å². The molecule has 2 rings (SSSR count). The van der Waals surface area contributed by atoms with Crippen molar-refractivity contribution in [2.45, 2.75) is 27.2 Å². The quantitative estimate of drug-likeness (QED) is 0.930. The van der Waals surface area contributed by atoms with E-state index in [1.807, 2.05) is 6.92 Å². The van der Waals surface area contributed by atoms with Gasteiger partial charge < -0.3 is 5.73 Å². The number of rotatable bonds is 3. The number of aromatic nitrogens is 1. The number of hydrogen-bond acceptors (Lipinski definition) is 3. The first kappa shape index (κ1) is 15.0. The maximum atomic E-state index is 13.1. The second kappa shape index (κ2) is 5.92. The molecule has 0 fully saturated rings. The van der Waals surface area contributed by atoms with E-state index >= 15 is 0 Å². The highest BCUT2D eigenvalue weighted by Gasteiger charge is 2.17. The lowest BCUT2D eigenvalue weighted by Crippen LogP contribution is -2.08. The maximum Gasteiger partial charge on any atom is 0.142 e. The van der Waals surface area contributed by atoms with Crippen LogP contribution in [0.25, 0.3) is 11.1 Å². The van der Waals surface area contributed by atoms with Crippen LogP contribution in [0.4, 0.5) is 10.2 Å². The summed E-state index contributed by atoms with van der Waals surface area (Å²) in [7, 11) is 0. The van der Waals surface area contributed by atoms with Crippen LogP contribution in [-0.2, 0) is 6.42 Å². The van der Waals surface area contributed by atoms with Crippen molar-refractivity contribution in [3.8, 4) is 17.2 Å². The number of benzene rings is 1. The molecule has 4 heteroatoms. The van der Waals surface area contributed by atoms with Crippen molar-refractivity contribution in [3.63, 3.8) is 0 Å². The Kier molecular flexibility index (Phi) is 4.23. The lowest BCUT2D eigenvalue weighted by molar-refractivity contribution is 0.628. The summed E-state index contributed by atoms with van der Waals surface area (Å²) in [6.45, 7) is 6.14. The Bertz CT molecular complexity index is 697. The minimum absolute atomic E-state index is 0.234. The van der Waals surface area contributed by atoms with Gasteiger partial charge in [0.2, 0.25) is 0 Å². The molecule has 0 aliphatic carbocycles. The van der Waals surface area contributed by atoms with Gasteiger partial charge in [-0.1, -0.05) is 26.0 Å². The second-order valence-electron chi connectivity index (χ2n) is 5.54. The SMILES string of the molecule is Cc1c(CC(C)C)nc(N)c(C#N)c1-c1ccc(F)cc1. The molecule has 1 aromatic heterocycles. The molecule has 0 atom stereocenters. The molecular weight excluding hydrogens is 265 g/mol. The van der Waals surface area contributed by atoms with Crippen molar-refractivity contribution in [1.29, 1.82) is 5.26 Å². The van der Waals surface area contributed by atoms with Gasteiger partial charge in [-0.3, -0.25) is 0 Å². The smallest absolute Gasteiger partial charge is 0.142 e. The van der Waals surface area contributed by atoms with Gasteiger partial charge in [-0.2, -0.15) is 5.26 Å². The molecule has 0 aliphatic heterocycles. The van der Waals surface area contributed by atoms with Crippen LogP contribution in [0.2, 0.25) is 0 Å². The van der Waals surface area contributed by atoms with Crippen LogP contribution >= 0.6 is 0 Å². The minimum Gasteiger partial charge on any atom is -0.383 e. The van der Waals surface area contributed by atoms with Gasteiger partial charge in [-0.15, -0.1) is 0 Å². The predicted molar refractivity (Wildman–Crippen MR) is 82.0 cm³/mol. The predicted octanol–water partition coefficient (Wildman–Crippen LogP) is 3.85. The zero-order valence-electron chi connectivity index (χ0n) is 12.4. The number of anilines is 1. The van der Waals surface area contributed by atoms with E-state index in [0.29, 0.717) is 11.5 Å². The zero-order chi connectivity index (χ0) is 15.6. The molecule has 3 nitrogen and oxygen atoms in total. The first-order valence-corrected chi connectivity index (χ1v) is 6.89. The molecule has 0 radical (unpaired) electrons. The molecule has 0 saturated carbocycles. The van der Waals surface area contributed by atoms with Crippen LogP contribution in [0.3, 0.4) is 0 Å². The van der Waals surface area contributed by atoms with E-state index in [2.05, 4.69) is 24.9 Å². The highest BCUT2D eigenvalue weighted by atomic mass is 19.1. The zero-order valence-corrected chi connectivity index (χ0v) is 12.4. The molecule has 0 saturated heterocycles. The van der Waals surface area contributed by atoms with E-state index in [9.17, 15) is 9.65 Å². The first-order valence-electron chi connectivity index (χ1n) is 6.89. The summed E-state index contributed by atoms with van der Waals surface area (Å²) >= 11 is 0. The second-order valence-corrected chi connectivity index (χ2v) is 5.54.